The average molecular weight is 548 g/mol. The Kier molecular flexibility index (Phi) is 6.68. The lowest BCUT2D eigenvalue weighted by molar-refractivity contribution is 0.101. The molecule has 0 fully saturated rings. The molecule has 0 unspecified atom stereocenters. The Labute approximate surface area is 223 Å². The van der Waals surface area contributed by atoms with Crippen LogP contribution < -0.4 is 9.46 Å². The molecule has 3 aromatic carbocycles. The summed E-state index contributed by atoms with van der Waals surface area (Å²) < 4.78 is 47.7. The van der Waals surface area contributed by atoms with E-state index in [9.17, 15) is 17.6 Å². The Bertz CT molecular complexity index is 1800. The van der Waals surface area contributed by atoms with Crippen LogP contribution in [0.15, 0.2) is 77.8 Å². The Morgan fingerprint density at radius 3 is 2.50 bits per heavy atom. The van der Waals surface area contributed by atoms with Crippen LogP contribution in [-0.4, -0.2) is 31.3 Å². The summed E-state index contributed by atoms with van der Waals surface area (Å²) in [7, 11) is -2.81. The zero-order valence-corrected chi connectivity index (χ0v) is 22.3. The summed E-state index contributed by atoms with van der Waals surface area (Å²) >= 11 is 1.39. The minimum atomic E-state index is -4.13. The fraction of sp³-hybridized carbons (Fsp3) is 0.107. The van der Waals surface area contributed by atoms with Crippen LogP contribution in [0.2, 0.25) is 0 Å². The van der Waals surface area contributed by atoms with Gasteiger partial charge in [0.1, 0.15) is 31.8 Å². The number of ketones is 1. The van der Waals surface area contributed by atoms with E-state index in [-0.39, 0.29) is 16.4 Å². The topological polar surface area (TPSA) is 98.3 Å². The van der Waals surface area contributed by atoms with Crippen LogP contribution in [0.3, 0.4) is 0 Å². The number of nitrogens with zero attached hydrogens (tertiary/aromatic N) is 2. The number of rotatable bonds is 7. The van der Waals surface area contributed by atoms with E-state index in [1.165, 1.54) is 31.4 Å². The monoisotopic (exact) mass is 547 g/mol. The maximum atomic E-state index is 13.8. The summed E-state index contributed by atoms with van der Waals surface area (Å²) in [5.74, 6) is -0.645. The van der Waals surface area contributed by atoms with Crippen molar-refractivity contribution in [3.05, 3.63) is 89.9 Å². The molecule has 2 aromatic heterocycles. The third-order valence-electron chi connectivity index (χ3n) is 6.10. The Morgan fingerprint density at radius 2 is 1.79 bits per heavy atom. The number of benzene rings is 3. The van der Waals surface area contributed by atoms with Crippen molar-refractivity contribution in [3.8, 4) is 27.4 Å². The summed E-state index contributed by atoms with van der Waals surface area (Å²) in [6, 6.07) is 17.8. The quantitative estimate of drug-likeness (QED) is 0.234. The third-order valence-corrected chi connectivity index (χ3v) is 8.50. The lowest BCUT2D eigenvalue weighted by atomic mass is 10.0. The van der Waals surface area contributed by atoms with E-state index in [2.05, 4.69) is 9.71 Å². The number of hydrogen-bond donors (Lipinski definition) is 1. The van der Waals surface area contributed by atoms with E-state index in [0.29, 0.717) is 27.3 Å². The third kappa shape index (κ3) is 4.88. The smallest absolute Gasteiger partial charge is 0.265 e. The first-order chi connectivity index (χ1) is 18.2. The number of pyridine rings is 1. The molecule has 0 bridgehead atoms. The molecule has 5 aromatic rings. The Balaban J connectivity index is 1.48. The van der Waals surface area contributed by atoms with Crippen LogP contribution in [0.5, 0.6) is 5.75 Å². The molecule has 38 heavy (non-hydrogen) atoms. The zero-order chi connectivity index (χ0) is 27.0. The van der Waals surface area contributed by atoms with Gasteiger partial charge in [0.2, 0.25) is 0 Å². The number of carbonyl (C=O) groups is 1. The number of anilines is 1. The molecule has 0 saturated carbocycles. The predicted molar refractivity (Wildman–Crippen MR) is 147 cm³/mol. The second kappa shape index (κ2) is 9.96. The van der Waals surface area contributed by atoms with Gasteiger partial charge >= 0.3 is 0 Å². The van der Waals surface area contributed by atoms with Crippen molar-refractivity contribution in [3.63, 3.8) is 0 Å². The molecule has 10 heteroatoms. The molecule has 0 aliphatic carbocycles. The van der Waals surface area contributed by atoms with Crippen molar-refractivity contribution < 1.29 is 22.3 Å². The first-order valence-corrected chi connectivity index (χ1v) is 13.8. The number of thiazole rings is 1. The van der Waals surface area contributed by atoms with E-state index in [1.54, 1.807) is 37.4 Å². The van der Waals surface area contributed by atoms with Crippen LogP contribution in [0.1, 0.15) is 22.8 Å². The summed E-state index contributed by atoms with van der Waals surface area (Å²) in [6.07, 6.45) is 1.76. The number of carbonyl (C=O) groups excluding carboxylic acids is 1. The number of nitrogens with one attached hydrogen (secondary N) is 1. The molecular formula is C28H22FN3O4S2. The highest BCUT2D eigenvalue weighted by atomic mass is 32.2. The molecule has 0 atom stereocenters. The van der Waals surface area contributed by atoms with Crippen molar-refractivity contribution in [2.24, 2.45) is 0 Å². The summed E-state index contributed by atoms with van der Waals surface area (Å²) in [6.45, 7) is 3.32. The van der Waals surface area contributed by atoms with Gasteiger partial charge in [-0.2, -0.15) is 0 Å². The lowest BCUT2D eigenvalue weighted by Crippen LogP contribution is -2.15. The molecule has 0 aliphatic heterocycles. The number of methoxy groups -OCH3 is 1. The summed E-state index contributed by atoms with van der Waals surface area (Å²) in [4.78, 5) is 21.3. The molecule has 192 valence electrons. The molecule has 1 N–H and O–H groups in total. The van der Waals surface area contributed by atoms with Gasteiger partial charge in [-0.05, 0) is 55.3 Å². The fourth-order valence-corrected chi connectivity index (χ4v) is 6.31. The Morgan fingerprint density at radius 1 is 1.03 bits per heavy atom. The maximum absolute atomic E-state index is 13.8. The van der Waals surface area contributed by atoms with Crippen molar-refractivity contribution in [1.29, 1.82) is 0 Å². The van der Waals surface area contributed by atoms with Gasteiger partial charge in [0, 0.05) is 22.9 Å². The number of halogens is 1. The van der Waals surface area contributed by atoms with Gasteiger partial charge in [0.15, 0.2) is 5.78 Å². The molecule has 7 nitrogen and oxygen atoms in total. The van der Waals surface area contributed by atoms with Gasteiger partial charge in [-0.25, -0.2) is 22.8 Å². The van der Waals surface area contributed by atoms with Crippen molar-refractivity contribution in [2.45, 2.75) is 18.7 Å². The molecule has 0 spiro atoms. The number of ether oxygens (including phenoxy) is 1. The molecule has 0 saturated heterocycles. The van der Waals surface area contributed by atoms with Gasteiger partial charge in [0.05, 0.1) is 12.8 Å². The van der Waals surface area contributed by atoms with Gasteiger partial charge in [-0.3, -0.25) is 9.52 Å². The van der Waals surface area contributed by atoms with Gasteiger partial charge in [0.25, 0.3) is 10.0 Å². The zero-order valence-electron chi connectivity index (χ0n) is 20.7. The predicted octanol–water partition coefficient (Wildman–Crippen LogP) is 6.48. The van der Waals surface area contributed by atoms with E-state index in [1.807, 2.05) is 24.3 Å². The maximum Gasteiger partial charge on any atom is 0.265 e. The van der Waals surface area contributed by atoms with Crippen molar-refractivity contribution in [1.82, 2.24) is 9.97 Å². The highest BCUT2D eigenvalue weighted by Crippen LogP contribution is 2.36. The first kappa shape index (κ1) is 25.5. The normalized spacial score (nSPS) is 11.5. The second-order valence-corrected chi connectivity index (χ2v) is 11.2. The van der Waals surface area contributed by atoms with E-state index >= 15 is 0 Å². The van der Waals surface area contributed by atoms with Crippen molar-refractivity contribution in [2.75, 3.05) is 11.8 Å². The minimum absolute atomic E-state index is 0.00392. The largest absolute Gasteiger partial charge is 0.495 e. The van der Waals surface area contributed by atoms with Crippen LogP contribution in [0.25, 0.3) is 32.0 Å². The van der Waals surface area contributed by atoms with Gasteiger partial charge in [-0.1, -0.05) is 47.7 Å². The van der Waals surface area contributed by atoms with Crippen LogP contribution in [0, 0.1) is 12.7 Å². The molecule has 2 heterocycles. The standard InChI is InChI=1S/C28H22FN3O4S2/c1-16-22(5-4-6-23(16)32-38(34,35)26-14-21(29)11-12-25(26)36-3)27-31-24-13-20(15-30-28(24)37-27)19-9-7-18(8-10-19)17(2)33/h4-15,32H,1-3H3. The number of fused-ring (bicyclic) bond motifs is 1. The van der Waals surface area contributed by atoms with Crippen LogP contribution >= 0.6 is 11.3 Å². The van der Waals surface area contributed by atoms with Crippen molar-refractivity contribution >= 4 is 43.2 Å². The lowest BCUT2D eigenvalue weighted by Gasteiger charge is -2.14. The molecule has 5 rings (SSSR count). The van der Waals surface area contributed by atoms with Gasteiger partial charge in [-0.15, -0.1) is 0 Å². The number of sulfonamides is 1. The first-order valence-electron chi connectivity index (χ1n) is 11.5. The molecule has 0 aliphatic rings. The minimum Gasteiger partial charge on any atom is -0.495 e. The summed E-state index contributed by atoms with van der Waals surface area (Å²) in [5, 5.41) is 0.679. The molecule has 0 radical (unpaired) electrons. The van der Waals surface area contributed by atoms with E-state index < -0.39 is 15.8 Å². The number of Topliss-reactive ketones (excluding diaryl/α,β-unsaturated/α-hetero) is 1. The van der Waals surface area contributed by atoms with Crippen LogP contribution in [-0.2, 0) is 10.0 Å². The summed E-state index contributed by atoms with van der Waals surface area (Å²) in [5.41, 5.74) is 4.87. The van der Waals surface area contributed by atoms with E-state index in [4.69, 9.17) is 9.72 Å². The van der Waals surface area contributed by atoms with Crippen LogP contribution in [0.4, 0.5) is 10.1 Å². The number of hydrogen-bond acceptors (Lipinski definition) is 7. The highest BCUT2D eigenvalue weighted by Gasteiger charge is 2.22. The average Bonchev–Trinajstić information content (AvgIpc) is 3.33. The highest BCUT2D eigenvalue weighted by molar-refractivity contribution is 7.92. The number of aromatic nitrogens is 2. The van der Waals surface area contributed by atoms with Gasteiger partial charge < -0.3 is 4.74 Å². The van der Waals surface area contributed by atoms with E-state index in [0.717, 1.165) is 33.7 Å². The Hall–Kier alpha value is -4.15. The second-order valence-electron chi connectivity index (χ2n) is 8.58. The fourth-order valence-electron chi connectivity index (χ4n) is 4.03. The SMILES string of the molecule is COc1ccc(F)cc1S(=O)(=O)Nc1cccc(-c2nc3cc(-c4ccc(C(C)=O)cc4)cnc3s2)c1C. The molecular weight excluding hydrogens is 525 g/mol. The molecule has 0 amide bonds.